The maximum Gasteiger partial charge on any atom is 0.342 e. The van der Waals surface area contributed by atoms with Crippen molar-refractivity contribution >= 4 is 27.8 Å². The number of primary amides is 1. The van der Waals surface area contributed by atoms with Gasteiger partial charge in [-0.05, 0) is 24.3 Å². The van der Waals surface area contributed by atoms with Gasteiger partial charge in [-0.25, -0.2) is 9.18 Å². The molecule has 2 aromatic rings. The Morgan fingerprint density at radius 2 is 1.91 bits per heavy atom. The molecule has 2 rings (SSSR count). The van der Waals surface area contributed by atoms with Crippen LogP contribution in [0.3, 0.4) is 0 Å². The van der Waals surface area contributed by atoms with Crippen LogP contribution in [-0.4, -0.2) is 18.5 Å². The standard InChI is InChI=1S/C16H13BrFNO4/c17-13-7-11(18)6-5-10(13)8-23-16(21)12-3-1-2-4-14(12)22-9-15(19)20/h1-7H,8-9H2,(H2,19,20). The third kappa shape index (κ3) is 4.79. The summed E-state index contributed by atoms with van der Waals surface area (Å²) in [7, 11) is 0. The molecule has 0 saturated carbocycles. The van der Waals surface area contributed by atoms with Crippen LogP contribution >= 0.6 is 15.9 Å². The molecular formula is C16H13BrFNO4. The first kappa shape index (κ1) is 17.0. The molecule has 0 saturated heterocycles. The van der Waals surface area contributed by atoms with E-state index in [4.69, 9.17) is 15.2 Å². The Morgan fingerprint density at radius 1 is 1.17 bits per heavy atom. The number of benzene rings is 2. The molecule has 0 spiro atoms. The molecule has 0 aromatic heterocycles. The lowest BCUT2D eigenvalue weighted by Gasteiger charge is -2.11. The van der Waals surface area contributed by atoms with Gasteiger partial charge in [0.05, 0.1) is 0 Å². The monoisotopic (exact) mass is 381 g/mol. The summed E-state index contributed by atoms with van der Waals surface area (Å²) in [6.07, 6.45) is 0. The SMILES string of the molecule is NC(=O)COc1ccccc1C(=O)OCc1ccc(F)cc1Br. The van der Waals surface area contributed by atoms with Crippen molar-refractivity contribution in [1.29, 1.82) is 0 Å². The Morgan fingerprint density at radius 3 is 2.61 bits per heavy atom. The molecular weight excluding hydrogens is 369 g/mol. The number of ether oxygens (including phenoxy) is 2. The third-order valence-electron chi connectivity index (χ3n) is 2.85. The Labute approximate surface area is 140 Å². The third-order valence-corrected chi connectivity index (χ3v) is 3.59. The summed E-state index contributed by atoms with van der Waals surface area (Å²) in [6, 6.07) is 10.4. The normalized spacial score (nSPS) is 10.2. The second-order valence-corrected chi connectivity index (χ2v) is 5.42. The van der Waals surface area contributed by atoms with Crippen molar-refractivity contribution in [1.82, 2.24) is 0 Å². The molecule has 0 bridgehead atoms. The summed E-state index contributed by atoms with van der Waals surface area (Å²) >= 11 is 3.20. The van der Waals surface area contributed by atoms with Gasteiger partial charge in [-0.15, -0.1) is 0 Å². The number of amides is 1. The summed E-state index contributed by atoms with van der Waals surface area (Å²) in [4.78, 5) is 22.9. The van der Waals surface area contributed by atoms with Gasteiger partial charge in [0.15, 0.2) is 6.61 Å². The maximum absolute atomic E-state index is 13.0. The fraction of sp³-hybridized carbons (Fsp3) is 0.125. The van der Waals surface area contributed by atoms with Gasteiger partial charge >= 0.3 is 5.97 Å². The number of hydrogen-bond donors (Lipinski definition) is 1. The zero-order valence-corrected chi connectivity index (χ0v) is 13.5. The Balaban J connectivity index is 2.07. The average Bonchev–Trinajstić information content (AvgIpc) is 2.52. The van der Waals surface area contributed by atoms with Crippen molar-refractivity contribution in [2.75, 3.05) is 6.61 Å². The van der Waals surface area contributed by atoms with Crippen LogP contribution in [-0.2, 0) is 16.1 Å². The molecule has 0 aliphatic rings. The topological polar surface area (TPSA) is 78.6 Å². The highest BCUT2D eigenvalue weighted by atomic mass is 79.9. The number of esters is 1. The minimum atomic E-state index is -0.650. The lowest BCUT2D eigenvalue weighted by Crippen LogP contribution is -2.21. The second-order valence-electron chi connectivity index (χ2n) is 4.56. The number of halogens is 2. The second kappa shape index (κ2) is 7.73. The van der Waals surface area contributed by atoms with Crippen molar-refractivity contribution in [3.63, 3.8) is 0 Å². The molecule has 0 aliphatic carbocycles. The van der Waals surface area contributed by atoms with Gasteiger partial charge in [-0.3, -0.25) is 4.79 Å². The number of para-hydroxylation sites is 1. The zero-order chi connectivity index (χ0) is 16.8. The molecule has 1 amide bonds. The van der Waals surface area contributed by atoms with Gasteiger partial charge in [-0.2, -0.15) is 0 Å². The highest BCUT2D eigenvalue weighted by Crippen LogP contribution is 2.22. The number of nitrogens with two attached hydrogens (primary N) is 1. The summed E-state index contributed by atoms with van der Waals surface area (Å²) in [5.74, 6) is -1.46. The number of rotatable bonds is 6. The van der Waals surface area contributed by atoms with E-state index in [1.807, 2.05) is 0 Å². The van der Waals surface area contributed by atoms with E-state index in [0.29, 0.717) is 10.0 Å². The maximum atomic E-state index is 13.0. The lowest BCUT2D eigenvalue weighted by atomic mass is 10.2. The summed E-state index contributed by atoms with van der Waals surface area (Å²) in [6.45, 7) is -0.377. The van der Waals surface area contributed by atoms with E-state index in [-0.39, 0.29) is 24.5 Å². The van der Waals surface area contributed by atoms with Crippen molar-refractivity contribution in [2.24, 2.45) is 5.73 Å². The molecule has 2 aromatic carbocycles. The first-order valence-corrected chi connectivity index (χ1v) is 7.38. The summed E-state index contributed by atoms with van der Waals surface area (Å²) in [5.41, 5.74) is 5.81. The van der Waals surface area contributed by atoms with Gasteiger partial charge in [0.2, 0.25) is 0 Å². The fourth-order valence-corrected chi connectivity index (χ4v) is 2.24. The molecule has 5 nitrogen and oxygen atoms in total. The predicted molar refractivity (Wildman–Crippen MR) is 84.4 cm³/mol. The van der Waals surface area contributed by atoms with Crippen LogP contribution in [0.25, 0.3) is 0 Å². The van der Waals surface area contributed by atoms with Crippen LogP contribution in [0.4, 0.5) is 4.39 Å². The van der Waals surface area contributed by atoms with E-state index < -0.39 is 17.7 Å². The van der Waals surface area contributed by atoms with Crippen LogP contribution in [0.15, 0.2) is 46.9 Å². The van der Waals surface area contributed by atoms with E-state index in [9.17, 15) is 14.0 Å². The Bertz CT molecular complexity index is 736. The van der Waals surface area contributed by atoms with Crippen LogP contribution in [0, 0.1) is 5.82 Å². The summed E-state index contributed by atoms with van der Waals surface area (Å²) < 4.78 is 23.9. The van der Waals surface area contributed by atoms with Crippen LogP contribution in [0.1, 0.15) is 15.9 Å². The van der Waals surface area contributed by atoms with Crippen molar-refractivity contribution in [3.8, 4) is 5.75 Å². The van der Waals surface area contributed by atoms with Gasteiger partial charge in [0.1, 0.15) is 23.7 Å². The van der Waals surface area contributed by atoms with Gasteiger partial charge in [0.25, 0.3) is 5.91 Å². The number of carbonyl (C=O) groups is 2. The minimum absolute atomic E-state index is 0.0378. The van der Waals surface area contributed by atoms with Gasteiger partial charge in [0, 0.05) is 10.0 Å². The predicted octanol–water partition coefficient (Wildman–Crippen LogP) is 2.81. The molecule has 0 unspecified atom stereocenters. The van der Waals surface area contributed by atoms with Crippen LogP contribution in [0.5, 0.6) is 5.75 Å². The number of hydrogen-bond acceptors (Lipinski definition) is 4. The molecule has 0 heterocycles. The van der Waals surface area contributed by atoms with Crippen LogP contribution < -0.4 is 10.5 Å². The van der Waals surface area contributed by atoms with E-state index >= 15 is 0 Å². The molecule has 0 aliphatic heterocycles. The minimum Gasteiger partial charge on any atom is -0.483 e. The molecule has 0 radical (unpaired) electrons. The fourth-order valence-electron chi connectivity index (χ4n) is 1.77. The highest BCUT2D eigenvalue weighted by molar-refractivity contribution is 9.10. The van der Waals surface area contributed by atoms with E-state index in [2.05, 4.69) is 15.9 Å². The van der Waals surface area contributed by atoms with E-state index in [0.717, 1.165) is 0 Å². The smallest absolute Gasteiger partial charge is 0.342 e. The molecule has 23 heavy (non-hydrogen) atoms. The molecule has 120 valence electrons. The van der Waals surface area contributed by atoms with Crippen molar-refractivity contribution < 1.29 is 23.5 Å². The molecule has 0 fully saturated rings. The van der Waals surface area contributed by atoms with E-state index in [1.54, 1.807) is 12.1 Å². The molecule has 7 heteroatoms. The largest absolute Gasteiger partial charge is 0.483 e. The van der Waals surface area contributed by atoms with Crippen molar-refractivity contribution in [2.45, 2.75) is 6.61 Å². The Kier molecular flexibility index (Phi) is 5.70. The average molecular weight is 382 g/mol. The quantitative estimate of drug-likeness (QED) is 0.780. The van der Waals surface area contributed by atoms with Crippen molar-refractivity contribution in [3.05, 3.63) is 63.9 Å². The molecule has 2 N–H and O–H groups in total. The first-order valence-electron chi connectivity index (χ1n) is 6.58. The van der Waals surface area contributed by atoms with Gasteiger partial charge in [-0.1, -0.05) is 34.1 Å². The highest BCUT2D eigenvalue weighted by Gasteiger charge is 2.15. The Hall–Kier alpha value is -2.41. The van der Waals surface area contributed by atoms with Gasteiger partial charge < -0.3 is 15.2 Å². The first-order chi connectivity index (χ1) is 11.0. The number of carbonyl (C=O) groups excluding carboxylic acids is 2. The van der Waals surface area contributed by atoms with E-state index in [1.165, 1.54) is 30.3 Å². The zero-order valence-electron chi connectivity index (χ0n) is 11.9. The van der Waals surface area contributed by atoms with Crippen LogP contribution in [0.2, 0.25) is 0 Å². The summed E-state index contributed by atoms with van der Waals surface area (Å²) in [5, 5.41) is 0. The lowest BCUT2D eigenvalue weighted by molar-refractivity contribution is -0.119. The molecule has 0 atom stereocenters.